The summed E-state index contributed by atoms with van der Waals surface area (Å²) in [5.74, 6) is 10.3. The van der Waals surface area contributed by atoms with Crippen LogP contribution in [-0.2, 0) is 0 Å². The van der Waals surface area contributed by atoms with E-state index in [2.05, 4.69) is 159 Å². The Morgan fingerprint density at radius 2 is 0.771 bits per heavy atom. The van der Waals surface area contributed by atoms with Gasteiger partial charge in [-0.15, -0.1) is 0 Å². The van der Waals surface area contributed by atoms with Crippen molar-refractivity contribution in [3.05, 3.63) is 70.8 Å². The van der Waals surface area contributed by atoms with E-state index in [1.807, 2.05) is 0 Å². The van der Waals surface area contributed by atoms with Gasteiger partial charge in [-0.05, 0) is 125 Å². The largest absolute Gasteiger partial charge is 0.0776 e. The number of rotatable bonds is 8. The van der Waals surface area contributed by atoms with Crippen LogP contribution in [0.15, 0.2) is 48.5 Å². The molecule has 2 aliphatic carbocycles. The molecular formula is C48H88. The molecule has 0 heterocycles. The Balaban J connectivity index is 0. The predicted molar refractivity (Wildman–Crippen MR) is 224 cm³/mol. The van der Waals surface area contributed by atoms with Crippen LogP contribution in [0.25, 0.3) is 0 Å². The van der Waals surface area contributed by atoms with Crippen LogP contribution in [-0.4, -0.2) is 0 Å². The van der Waals surface area contributed by atoms with Gasteiger partial charge in [-0.1, -0.05) is 181 Å². The summed E-state index contributed by atoms with van der Waals surface area (Å²) < 4.78 is 0. The lowest BCUT2D eigenvalue weighted by Crippen LogP contribution is -2.18. The molecule has 4 rings (SSSR count). The lowest BCUT2D eigenvalue weighted by Gasteiger charge is -2.26. The van der Waals surface area contributed by atoms with E-state index in [4.69, 9.17) is 0 Å². The molecule has 4 unspecified atom stereocenters. The first-order valence-electron chi connectivity index (χ1n) is 19.7. The van der Waals surface area contributed by atoms with Gasteiger partial charge in [-0.25, -0.2) is 0 Å². The summed E-state index contributed by atoms with van der Waals surface area (Å²) in [7, 11) is 0. The van der Waals surface area contributed by atoms with Crippen molar-refractivity contribution in [1.82, 2.24) is 0 Å². The molecule has 0 nitrogen and oxygen atoms in total. The number of benzene rings is 2. The Labute approximate surface area is 305 Å². The van der Waals surface area contributed by atoms with Gasteiger partial charge >= 0.3 is 0 Å². The van der Waals surface area contributed by atoms with E-state index in [0.717, 1.165) is 47.3 Å². The maximum atomic E-state index is 2.38. The van der Waals surface area contributed by atoms with Crippen LogP contribution in [0.3, 0.4) is 0 Å². The lowest BCUT2D eigenvalue weighted by atomic mass is 9.80. The first-order chi connectivity index (χ1) is 21.5. The van der Waals surface area contributed by atoms with Gasteiger partial charge in [0.1, 0.15) is 0 Å². The van der Waals surface area contributed by atoms with Crippen molar-refractivity contribution in [1.29, 1.82) is 0 Å². The average molecular weight is 665 g/mol. The minimum Gasteiger partial charge on any atom is -0.0776 e. The summed E-state index contributed by atoms with van der Waals surface area (Å²) >= 11 is 0. The average Bonchev–Trinajstić information content (AvgIpc) is 3.70. The zero-order valence-electron chi connectivity index (χ0n) is 33.8. The molecule has 2 fully saturated rings. The van der Waals surface area contributed by atoms with Gasteiger partial charge < -0.3 is 0 Å². The summed E-state index contributed by atoms with van der Waals surface area (Å²) in [6.45, 7) is 36.9. The summed E-state index contributed by atoms with van der Waals surface area (Å²) in [6.07, 6.45) is 8.92. The van der Waals surface area contributed by atoms with Crippen LogP contribution in [0.1, 0.15) is 210 Å². The SMILES string of the molecule is C.C.CC(C)C1CCC(C(C)C)C1.CC(C)C1CCCC1C(C)C.CC(C)c1cccc(C(C)C)c1.CC(C)c1ccccc1C(C)C. The molecule has 0 radical (unpaired) electrons. The fourth-order valence-electron chi connectivity index (χ4n) is 7.78. The Morgan fingerprint density at radius 3 is 1.02 bits per heavy atom. The molecule has 0 aromatic heterocycles. The van der Waals surface area contributed by atoms with Gasteiger partial charge in [-0.2, -0.15) is 0 Å². The van der Waals surface area contributed by atoms with E-state index < -0.39 is 0 Å². The zero-order chi connectivity index (χ0) is 35.1. The molecule has 0 N–H and O–H groups in total. The maximum absolute atomic E-state index is 2.38. The van der Waals surface area contributed by atoms with Crippen molar-refractivity contribution in [3.63, 3.8) is 0 Å². The summed E-state index contributed by atoms with van der Waals surface area (Å²) in [5.41, 5.74) is 5.88. The lowest BCUT2D eigenvalue weighted by molar-refractivity contribution is 0.235. The topological polar surface area (TPSA) is 0 Å². The zero-order valence-corrected chi connectivity index (χ0v) is 33.8. The Bertz CT molecular complexity index is 971. The van der Waals surface area contributed by atoms with E-state index in [0.29, 0.717) is 23.7 Å². The highest BCUT2D eigenvalue weighted by atomic mass is 14.4. The van der Waals surface area contributed by atoms with Crippen LogP contribution in [0.2, 0.25) is 0 Å². The van der Waals surface area contributed by atoms with Crippen molar-refractivity contribution in [2.24, 2.45) is 47.3 Å². The summed E-state index contributed by atoms with van der Waals surface area (Å²) in [5, 5.41) is 0. The highest BCUT2D eigenvalue weighted by Gasteiger charge is 2.31. The molecule has 0 amide bonds. The third kappa shape index (κ3) is 16.9. The van der Waals surface area contributed by atoms with Gasteiger partial charge in [0.15, 0.2) is 0 Å². The van der Waals surface area contributed by atoms with Crippen molar-refractivity contribution in [2.45, 2.75) is 188 Å². The Hall–Kier alpha value is -1.56. The summed E-state index contributed by atoms with van der Waals surface area (Å²) in [6, 6.07) is 17.6. The quantitative estimate of drug-likeness (QED) is 0.263. The second kappa shape index (κ2) is 24.6. The van der Waals surface area contributed by atoms with E-state index in [1.54, 1.807) is 0 Å². The second-order valence-electron chi connectivity index (χ2n) is 17.5. The minimum absolute atomic E-state index is 0. The molecule has 0 aliphatic heterocycles. The molecule has 0 bridgehead atoms. The Morgan fingerprint density at radius 1 is 0.417 bits per heavy atom. The third-order valence-corrected chi connectivity index (χ3v) is 11.2. The van der Waals surface area contributed by atoms with E-state index in [9.17, 15) is 0 Å². The minimum atomic E-state index is 0. The predicted octanol–water partition coefficient (Wildman–Crippen LogP) is 16.6. The molecular weight excluding hydrogens is 577 g/mol. The van der Waals surface area contributed by atoms with Gasteiger partial charge in [0.05, 0.1) is 0 Å². The van der Waals surface area contributed by atoms with E-state index >= 15 is 0 Å². The highest BCUT2D eigenvalue weighted by molar-refractivity contribution is 5.32. The van der Waals surface area contributed by atoms with Crippen LogP contribution >= 0.6 is 0 Å². The van der Waals surface area contributed by atoms with Crippen molar-refractivity contribution < 1.29 is 0 Å². The molecule has 2 aliphatic rings. The van der Waals surface area contributed by atoms with Crippen LogP contribution in [0, 0.1) is 47.3 Å². The molecule has 4 atom stereocenters. The smallest absolute Gasteiger partial charge is 0.0216 e. The second-order valence-corrected chi connectivity index (χ2v) is 17.5. The standard InChI is InChI=1S/2C12H18.2C11H22.2CH4/c1-9(2)11-6-5-7-12(8-11)10(3)4;1-9(2)11-7-5-6-8-12(11)10(3)4;1-8(2)10-5-6-11(7-10)9(3)4;1-8(2)10-6-5-7-11(10)9(3)4;;/h2*5-10H,1-4H3;2*8-11H,5-7H2,1-4H3;2*1H4. The Kier molecular flexibility index (Phi) is 24.8. The van der Waals surface area contributed by atoms with Crippen molar-refractivity contribution in [2.75, 3.05) is 0 Å². The molecule has 2 aromatic carbocycles. The molecule has 0 heteroatoms. The normalized spacial score (nSPS) is 20.3. The molecule has 0 spiro atoms. The van der Waals surface area contributed by atoms with Gasteiger partial charge in [-0.3, -0.25) is 0 Å². The molecule has 2 saturated carbocycles. The maximum Gasteiger partial charge on any atom is -0.0216 e. The van der Waals surface area contributed by atoms with E-state index in [1.165, 1.54) is 60.8 Å². The van der Waals surface area contributed by atoms with Crippen molar-refractivity contribution >= 4 is 0 Å². The number of hydrogen-bond acceptors (Lipinski definition) is 0. The van der Waals surface area contributed by atoms with Gasteiger partial charge in [0, 0.05) is 0 Å². The molecule has 0 saturated heterocycles. The number of hydrogen-bond donors (Lipinski definition) is 0. The fraction of sp³-hybridized carbons (Fsp3) is 0.750. The van der Waals surface area contributed by atoms with Crippen molar-refractivity contribution in [3.8, 4) is 0 Å². The highest BCUT2D eigenvalue weighted by Crippen LogP contribution is 2.41. The van der Waals surface area contributed by atoms with Crippen LogP contribution < -0.4 is 0 Å². The molecule has 2 aromatic rings. The first-order valence-corrected chi connectivity index (χ1v) is 19.7. The molecule has 280 valence electrons. The van der Waals surface area contributed by atoms with E-state index in [-0.39, 0.29) is 14.9 Å². The van der Waals surface area contributed by atoms with Gasteiger partial charge in [0.25, 0.3) is 0 Å². The first kappa shape index (κ1) is 48.6. The summed E-state index contributed by atoms with van der Waals surface area (Å²) in [4.78, 5) is 0. The third-order valence-electron chi connectivity index (χ3n) is 11.2. The molecule has 48 heavy (non-hydrogen) atoms. The van der Waals surface area contributed by atoms with Gasteiger partial charge in [0.2, 0.25) is 0 Å². The van der Waals surface area contributed by atoms with Crippen LogP contribution in [0.5, 0.6) is 0 Å². The van der Waals surface area contributed by atoms with Crippen LogP contribution in [0.4, 0.5) is 0 Å². The monoisotopic (exact) mass is 665 g/mol. The fourth-order valence-corrected chi connectivity index (χ4v) is 7.78.